The number of benzene rings is 5. The molecule has 0 amide bonds. The monoisotopic (exact) mass is 859 g/mol. The molecule has 0 spiro atoms. The lowest BCUT2D eigenvalue weighted by molar-refractivity contribution is -0.348. The van der Waals surface area contributed by atoms with Crippen LogP contribution in [-0.4, -0.2) is 92.1 Å². The van der Waals surface area contributed by atoms with Crippen molar-refractivity contribution in [1.29, 1.82) is 0 Å². The summed E-state index contributed by atoms with van der Waals surface area (Å²) in [7, 11) is 1.17. The van der Waals surface area contributed by atoms with Crippen molar-refractivity contribution in [2.24, 2.45) is 5.11 Å². The maximum atomic E-state index is 13.6. The van der Waals surface area contributed by atoms with E-state index in [0.29, 0.717) is 5.56 Å². The van der Waals surface area contributed by atoms with E-state index in [4.69, 9.17) is 42.6 Å². The standard InChI is InChI=1S/C48H49N3O12/c1-55-46(53)44-42(41(58-29-34-21-11-4-12-22-34)43(47(54)62-44)59-30-35-23-13-5-14-24-35)63-48-38(50-51-49)40(57-28-33-19-9-3-10-20-33)39(56-27-32-17-7-2-8-18-32)37(61-48)31-60-45(52)36-25-15-6-16-26-36/h2-26,37-44,47-48,54H,27-31H2,1H3/t37?,38?,39-,40-,41-,42+,43?,44?,47?,48+/m1/s1. The van der Waals surface area contributed by atoms with Crippen molar-refractivity contribution in [3.8, 4) is 0 Å². The lowest BCUT2D eigenvalue weighted by Crippen LogP contribution is -2.66. The fourth-order valence-electron chi connectivity index (χ4n) is 7.40. The highest BCUT2D eigenvalue weighted by Gasteiger charge is 2.55. The minimum absolute atomic E-state index is 0.0127. The largest absolute Gasteiger partial charge is 0.467 e. The van der Waals surface area contributed by atoms with Crippen LogP contribution in [0.3, 0.4) is 0 Å². The molecule has 0 radical (unpaired) electrons. The van der Waals surface area contributed by atoms with Gasteiger partial charge in [-0.3, -0.25) is 0 Å². The van der Waals surface area contributed by atoms with Crippen molar-refractivity contribution in [3.63, 3.8) is 0 Å². The highest BCUT2D eigenvalue weighted by atomic mass is 16.7. The number of ether oxygens (including phenoxy) is 9. The van der Waals surface area contributed by atoms with Crippen molar-refractivity contribution in [3.05, 3.63) is 190 Å². The Hall–Kier alpha value is -5.97. The van der Waals surface area contributed by atoms with Crippen molar-refractivity contribution < 1.29 is 57.3 Å². The molecule has 0 aliphatic carbocycles. The number of hydrogen-bond acceptors (Lipinski definition) is 13. The lowest BCUT2D eigenvalue weighted by Gasteiger charge is -2.48. The van der Waals surface area contributed by atoms with Crippen molar-refractivity contribution in [2.75, 3.05) is 13.7 Å². The van der Waals surface area contributed by atoms with Crippen LogP contribution >= 0.6 is 0 Å². The molecule has 2 heterocycles. The molecular formula is C48H49N3O12. The number of nitrogens with zero attached hydrogens (tertiary/aromatic N) is 3. The maximum Gasteiger partial charge on any atom is 0.338 e. The van der Waals surface area contributed by atoms with E-state index in [1.165, 1.54) is 7.11 Å². The molecule has 7 rings (SSSR count). The van der Waals surface area contributed by atoms with Crippen LogP contribution in [0, 0.1) is 0 Å². The zero-order chi connectivity index (χ0) is 43.8. The Labute approximate surface area is 364 Å². The summed E-state index contributed by atoms with van der Waals surface area (Å²) in [6.07, 6.45) is -11.9. The number of azide groups is 1. The third kappa shape index (κ3) is 12.1. The van der Waals surface area contributed by atoms with Gasteiger partial charge in [-0.15, -0.1) is 0 Å². The Bertz CT molecular complexity index is 2200. The maximum absolute atomic E-state index is 13.6. The van der Waals surface area contributed by atoms with Crippen LogP contribution in [-0.2, 0) is 73.9 Å². The number of methoxy groups -OCH3 is 1. The molecule has 0 bridgehead atoms. The molecule has 2 saturated heterocycles. The van der Waals surface area contributed by atoms with Gasteiger partial charge in [-0.05, 0) is 39.9 Å². The van der Waals surface area contributed by atoms with Gasteiger partial charge in [0.1, 0.15) is 49.3 Å². The summed E-state index contributed by atoms with van der Waals surface area (Å²) in [6, 6.07) is 44.5. The number of rotatable bonds is 19. The Balaban J connectivity index is 1.26. The minimum Gasteiger partial charge on any atom is -0.467 e. The molecule has 0 aromatic heterocycles. The van der Waals surface area contributed by atoms with Crippen LogP contribution < -0.4 is 0 Å². The highest BCUT2D eigenvalue weighted by molar-refractivity contribution is 5.89. The molecule has 328 valence electrons. The zero-order valence-corrected chi connectivity index (χ0v) is 34.5. The fraction of sp³-hybridized carbons (Fsp3) is 0.333. The first-order valence-corrected chi connectivity index (χ1v) is 20.5. The second kappa shape index (κ2) is 22.9. The average molecular weight is 860 g/mol. The first kappa shape index (κ1) is 45.1. The van der Waals surface area contributed by atoms with Gasteiger partial charge in [-0.2, -0.15) is 0 Å². The molecule has 63 heavy (non-hydrogen) atoms. The Morgan fingerprint density at radius 3 is 1.52 bits per heavy atom. The van der Waals surface area contributed by atoms with E-state index in [1.54, 1.807) is 30.3 Å². The summed E-state index contributed by atoms with van der Waals surface area (Å²) in [5.41, 5.74) is 13.6. The molecule has 2 aliphatic heterocycles. The molecule has 15 nitrogen and oxygen atoms in total. The molecule has 2 fully saturated rings. The summed E-state index contributed by atoms with van der Waals surface area (Å²) < 4.78 is 56.4. The molecule has 10 atom stereocenters. The Morgan fingerprint density at radius 2 is 1.05 bits per heavy atom. The van der Waals surface area contributed by atoms with Gasteiger partial charge in [0.05, 0.1) is 39.1 Å². The summed E-state index contributed by atoms with van der Waals surface area (Å²) >= 11 is 0. The molecule has 2 aliphatic rings. The molecule has 15 heteroatoms. The van der Waals surface area contributed by atoms with Crippen LogP contribution in [0.4, 0.5) is 0 Å². The molecule has 5 aromatic rings. The van der Waals surface area contributed by atoms with E-state index in [2.05, 4.69) is 10.0 Å². The van der Waals surface area contributed by atoms with Crippen LogP contribution in [0.2, 0.25) is 0 Å². The SMILES string of the molecule is COC(=O)C1OC(O)C(OCc2ccccc2)[C@H](OCc2ccccc2)[C@@H]1O[C@@H]1OC(COC(=O)c2ccccc2)[C@@H](OCc2ccccc2)[C@H](OCc2ccccc2)C1N=[N+]=[N-]. The van der Waals surface area contributed by atoms with Gasteiger partial charge in [-0.25, -0.2) is 9.59 Å². The summed E-state index contributed by atoms with van der Waals surface area (Å²) in [5.74, 6) is -1.51. The molecule has 0 saturated carbocycles. The number of carbonyl (C=O) groups excluding carboxylic acids is 2. The number of esters is 2. The van der Waals surface area contributed by atoms with Crippen molar-refractivity contribution in [1.82, 2.24) is 0 Å². The first-order valence-electron chi connectivity index (χ1n) is 20.5. The van der Waals surface area contributed by atoms with Crippen LogP contribution in [0.25, 0.3) is 10.4 Å². The summed E-state index contributed by atoms with van der Waals surface area (Å²) in [4.78, 5) is 30.1. The van der Waals surface area contributed by atoms with Gasteiger partial charge in [0.25, 0.3) is 0 Å². The third-order valence-electron chi connectivity index (χ3n) is 10.6. The van der Waals surface area contributed by atoms with Gasteiger partial charge in [-0.1, -0.05) is 145 Å². The van der Waals surface area contributed by atoms with Gasteiger partial charge in [0, 0.05) is 4.91 Å². The second-order valence-electron chi connectivity index (χ2n) is 14.8. The van der Waals surface area contributed by atoms with E-state index in [0.717, 1.165) is 22.3 Å². The quantitative estimate of drug-likeness (QED) is 0.0394. The van der Waals surface area contributed by atoms with E-state index in [-0.39, 0.29) is 33.0 Å². The van der Waals surface area contributed by atoms with E-state index >= 15 is 0 Å². The minimum atomic E-state index is -1.68. The number of carbonyl (C=O) groups is 2. The van der Waals surface area contributed by atoms with E-state index < -0.39 is 73.3 Å². The molecule has 1 N–H and O–H groups in total. The van der Waals surface area contributed by atoms with Crippen LogP contribution in [0.15, 0.2) is 157 Å². The molecular weight excluding hydrogens is 811 g/mol. The van der Waals surface area contributed by atoms with Crippen molar-refractivity contribution in [2.45, 2.75) is 87.8 Å². The predicted molar refractivity (Wildman–Crippen MR) is 226 cm³/mol. The van der Waals surface area contributed by atoms with E-state index in [9.17, 15) is 20.2 Å². The van der Waals surface area contributed by atoms with E-state index in [1.807, 2.05) is 121 Å². The Morgan fingerprint density at radius 1 is 0.603 bits per heavy atom. The lowest BCUT2D eigenvalue weighted by atomic mass is 9.95. The van der Waals surface area contributed by atoms with Gasteiger partial charge in [0.15, 0.2) is 18.7 Å². The third-order valence-corrected chi connectivity index (χ3v) is 10.6. The number of aliphatic hydroxyl groups excluding tert-OH is 1. The van der Waals surface area contributed by atoms with Gasteiger partial charge < -0.3 is 47.7 Å². The summed E-state index contributed by atoms with van der Waals surface area (Å²) in [5, 5.41) is 15.6. The van der Waals surface area contributed by atoms with Gasteiger partial charge >= 0.3 is 11.9 Å². The Kier molecular flexibility index (Phi) is 16.4. The normalized spacial score (nSPS) is 25.6. The fourth-order valence-corrected chi connectivity index (χ4v) is 7.40. The predicted octanol–water partition coefficient (Wildman–Crippen LogP) is 6.86. The average Bonchev–Trinajstić information content (AvgIpc) is 3.33. The smallest absolute Gasteiger partial charge is 0.338 e. The second-order valence-corrected chi connectivity index (χ2v) is 14.8. The number of hydrogen-bond donors (Lipinski definition) is 1. The van der Waals surface area contributed by atoms with Crippen molar-refractivity contribution >= 4 is 11.9 Å². The highest BCUT2D eigenvalue weighted by Crippen LogP contribution is 2.36. The van der Waals surface area contributed by atoms with Crippen LogP contribution in [0.1, 0.15) is 32.6 Å². The topological polar surface area (TPSA) is 186 Å². The zero-order valence-electron chi connectivity index (χ0n) is 34.5. The molecule has 5 unspecified atom stereocenters. The molecule has 5 aromatic carbocycles. The first-order chi connectivity index (χ1) is 30.9. The van der Waals surface area contributed by atoms with Crippen LogP contribution in [0.5, 0.6) is 0 Å². The van der Waals surface area contributed by atoms with Gasteiger partial charge in [0.2, 0.25) is 0 Å². The number of aliphatic hydroxyl groups is 1. The summed E-state index contributed by atoms with van der Waals surface area (Å²) in [6.45, 7) is -0.152.